The van der Waals surface area contributed by atoms with Crippen molar-refractivity contribution < 1.29 is 9.90 Å². The maximum absolute atomic E-state index is 11.8. The van der Waals surface area contributed by atoms with Crippen molar-refractivity contribution in [2.24, 2.45) is 5.92 Å². The van der Waals surface area contributed by atoms with E-state index < -0.39 is 0 Å². The maximum atomic E-state index is 11.8. The molecule has 2 N–H and O–H groups in total. The molecule has 1 aliphatic rings. The first kappa shape index (κ1) is 16.3. The number of carbonyl (C=O) groups is 1. The Morgan fingerprint density at radius 2 is 2.10 bits per heavy atom. The van der Waals surface area contributed by atoms with Crippen molar-refractivity contribution in [3.63, 3.8) is 0 Å². The summed E-state index contributed by atoms with van der Waals surface area (Å²) in [4.78, 5) is 11.8. The number of hydrogen-bond donors (Lipinski definition) is 2. The Kier molecular flexibility index (Phi) is 6.09. The molecule has 5 heteroatoms. The first-order valence-corrected chi connectivity index (χ1v) is 7.91. The van der Waals surface area contributed by atoms with Crippen LogP contribution in [0, 0.1) is 5.92 Å². The summed E-state index contributed by atoms with van der Waals surface area (Å²) in [5.41, 5.74) is 0.706. The van der Waals surface area contributed by atoms with Gasteiger partial charge in [-0.2, -0.15) is 0 Å². The minimum atomic E-state index is -0.301. The van der Waals surface area contributed by atoms with Gasteiger partial charge in [0, 0.05) is 28.6 Å². The third kappa shape index (κ3) is 5.03. The van der Waals surface area contributed by atoms with E-state index in [0.29, 0.717) is 22.2 Å². The van der Waals surface area contributed by atoms with E-state index in [1.807, 2.05) is 0 Å². The zero-order valence-electron chi connectivity index (χ0n) is 11.7. The lowest BCUT2D eigenvalue weighted by atomic mass is 9.86. The lowest BCUT2D eigenvalue weighted by Gasteiger charge is -2.27. The average Bonchev–Trinajstić information content (AvgIpc) is 2.47. The van der Waals surface area contributed by atoms with E-state index in [0.717, 1.165) is 25.7 Å². The van der Waals surface area contributed by atoms with Gasteiger partial charge < -0.3 is 10.4 Å². The van der Waals surface area contributed by atoms with Crippen molar-refractivity contribution in [1.29, 1.82) is 0 Å². The molecular formula is C16H19Cl2NO2. The van der Waals surface area contributed by atoms with Gasteiger partial charge in [-0.1, -0.05) is 36.0 Å². The van der Waals surface area contributed by atoms with Gasteiger partial charge in [-0.15, -0.1) is 0 Å². The Hall–Kier alpha value is -1.03. The van der Waals surface area contributed by atoms with E-state index in [1.165, 1.54) is 6.08 Å². The highest BCUT2D eigenvalue weighted by molar-refractivity contribution is 6.34. The van der Waals surface area contributed by atoms with Gasteiger partial charge in [0.1, 0.15) is 0 Å². The molecule has 1 amide bonds. The van der Waals surface area contributed by atoms with E-state index in [-0.39, 0.29) is 17.9 Å². The van der Waals surface area contributed by atoms with Crippen LogP contribution in [0.4, 0.5) is 0 Å². The number of hydrogen-bond acceptors (Lipinski definition) is 2. The summed E-state index contributed by atoms with van der Waals surface area (Å²) in [7, 11) is 0. The molecule has 0 radical (unpaired) electrons. The smallest absolute Gasteiger partial charge is 0.244 e. The van der Waals surface area contributed by atoms with Crippen LogP contribution in [0.25, 0.3) is 6.08 Å². The van der Waals surface area contributed by atoms with Crippen molar-refractivity contribution in [2.75, 3.05) is 6.54 Å². The molecule has 1 aliphatic carbocycles. The molecule has 0 heterocycles. The summed E-state index contributed by atoms with van der Waals surface area (Å²) >= 11 is 11.9. The van der Waals surface area contributed by atoms with Gasteiger partial charge in [0.15, 0.2) is 0 Å². The third-order valence-corrected chi connectivity index (χ3v) is 4.36. The van der Waals surface area contributed by atoms with Crippen molar-refractivity contribution in [1.82, 2.24) is 5.32 Å². The number of rotatable bonds is 4. The fourth-order valence-corrected chi connectivity index (χ4v) is 2.89. The molecule has 1 saturated carbocycles. The summed E-state index contributed by atoms with van der Waals surface area (Å²) in [6, 6.07) is 5.10. The maximum Gasteiger partial charge on any atom is 0.244 e. The zero-order chi connectivity index (χ0) is 15.2. The average molecular weight is 328 g/mol. The lowest BCUT2D eigenvalue weighted by molar-refractivity contribution is -0.116. The van der Waals surface area contributed by atoms with Crippen LogP contribution in [0.1, 0.15) is 31.2 Å². The van der Waals surface area contributed by atoms with Gasteiger partial charge in [-0.3, -0.25) is 4.79 Å². The van der Waals surface area contributed by atoms with Crippen LogP contribution in [-0.2, 0) is 4.79 Å². The van der Waals surface area contributed by atoms with E-state index in [1.54, 1.807) is 24.3 Å². The first-order chi connectivity index (χ1) is 10.1. The normalized spacial score (nSPS) is 22.4. The van der Waals surface area contributed by atoms with Crippen molar-refractivity contribution in [2.45, 2.75) is 31.8 Å². The van der Waals surface area contributed by atoms with E-state index in [2.05, 4.69) is 5.32 Å². The quantitative estimate of drug-likeness (QED) is 0.829. The number of nitrogens with one attached hydrogen (secondary N) is 1. The largest absolute Gasteiger partial charge is 0.393 e. The van der Waals surface area contributed by atoms with Crippen LogP contribution in [0.3, 0.4) is 0 Å². The summed E-state index contributed by atoms with van der Waals surface area (Å²) in [6.45, 7) is 0.508. The van der Waals surface area contributed by atoms with Crippen LogP contribution in [0.2, 0.25) is 10.0 Å². The first-order valence-electron chi connectivity index (χ1n) is 7.15. The summed E-state index contributed by atoms with van der Waals surface area (Å²) in [5, 5.41) is 13.8. The molecule has 1 aromatic rings. The summed E-state index contributed by atoms with van der Waals surface area (Å²) < 4.78 is 0. The Bertz CT molecular complexity index is 531. The fraction of sp³-hybridized carbons (Fsp3) is 0.438. The molecule has 2 rings (SSSR count). The Morgan fingerprint density at radius 1 is 1.33 bits per heavy atom. The van der Waals surface area contributed by atoms with E-state index >= 15 is 0 Å². The monoisotopic (exact) mass is 327 g/mol. The fourth-order valence-electron chi connectivity index (χ4n) is 2.52. The van der Waals surface area contributed by atoms with Crippen LogP contribution in [-0.4, -0.2) is 23.7 Å². The molecule has 2 unspecified atom stereocenters. The molecule has 1 aromatic carbocycles. The molecule has 0 bridgehead atoms. The van der Waals surface area contributed by atoms with E-state index in [4.69, 9.17) is 23.2 Å². The van der Waals surface area contributed by atoms with Crippen LogP contribution in [0.15, 0.2) is 24.3 Å². The number of aliphatic hydroxyl groups excluding tert-OH is 1. The minimum absolute atomic E-state index is 0.158. The Morgan fingerprint density at radius 3 is 2.86 bits per heavy atom. The van der Waals surface area contributed by atoms with Crippen LogP contribution >= 0.6 is 23.2 Å². The molecule has 0 aromatic heterocycles. The topological polar surface area (TPSA) is 49.3 Å². The number of halogens is 2. The van der Waals surface area contributed by atoms with Gasteiger partial charge in [-0.25, -0.2) is 0 Å². The Labute approximate surface area is 134 Å². The predicted molar refractivity (Wildman–Crippen MR) is 86.5 cm³/mol. The molecule has 0 saturated heterocycles. The van der Waals surface area contributed by atoms with Crippen molar-refractivity contribution in [3.05, 3.63) is 39.9 Å². The van der Waals surface area contributed by atoms with Crippen LogP contribution < -0.4 is 5.32 Å². The predicted octanol–water partition coefficient (Wildman–Crippen LogP) is 3.67. The lowest BCUT2D eigenvalue weighted by Crippen LogP contribution is -2.36. The summed E-state index contributed by atoms with van der Waals surface area (Å²) in [6.07, 6.45) is 6.75. The highest BCUT2D eigenvalue weighted by atomic mass is 35.5. The molecule has 2 atom stereocenters. The molecule has 21 heavy (non-hydrogen) atoms. The van der Waals surface area contributed by atoms with E-state index in [9.17, 15) is 9.90 Å². The van der Waals surface area contributed by atoms with Crippen molar-refractivity contribution in [3.8, 4) is 0 Å². The highest BCUT2D eigenvalue weighted by Crippen LogP contribution is 2.24. The number of aliphatic hydroxyl groups is 1. The number of amides is 1. The second-order valence-corrected chi connectivity index (χ2v) is 6.20. The Balaban J connectivity index is 1.86. The SMILES string of the molecule is O=C(C=Cc1cc(Cl)ccc1Cl)NCC1CCCCC1O. The van der Waals surface area contributed by atoms with Gasteiger partial charge in [0.05, 0.1) is 6.10 Å². The molecular weight excluding hydrogens is 309 g/mol. The molecule has 3 nitrogen and oxygen atoms in total. The summed E-state index contributed by atoms with van der Waals surface area (Å²) in [5.74, 6) is -0.0327. The zero-order valence-corrected chi connectivity index (χ0v) is 13.2. The molecule has 0 aliphatic heterocycles. The highest BCUT2D eigenvalue weighted by Gasteiger charge is 2.22. The second-order valence-electron chi connectivity index (χ2n) is 5.36. The molecule has 114 valence electrons. The third-order valence-electron chi connectivity index (χ3n) is 3.78. The minimum Gasteiger partial charge on any atom is -0.393 e. The van der Waals surface area contributed by atoms with Gasteiger partial charge in [0.25, 0.3) is 0 Å². The van der Waals surface area contributed by atoms with Gasteiger partial charge in [0.2, 0.25) is 5.91 Å². The molecule has 0 spiro atoms. The number of benzene rings is 1. The number of carbonyl (C=O) groups excluding carboxylic acids is 1. The van der Waals surface area contributed by atoms with Gasteiger partial charge in [-0.05, 0) is 42.7 Å². The second kappa shape index (κ2) is 7.83. The van der Waals surface area contributed by atoms with Crippen LogP contribution in [0.5, 0.6) is 0 Å². The van der Waals surface area contributed by atoms with Gasteiger partial charge >= 0.3 is 0 Å². The standard InChI is InChI=1S/C16H19Cl2NO2/c17-13-6-7-14(18)11(9-13)5-8-16(21)19-10-12-3-1-2-4-15(12)20/h5-9,12,15,20H,1-4,10H2,(H,19,21). The molecule has 1 fully saturated rings. The van der Waals surface area contributed by atoms with Crippen molar-refractivity contribution >= 4 is 35.2 Å².